The number of amides is 1. The molecule has 1 heterocycles. The smallest absolute Gasteiger partial charge is 0.243 e. The highest BCUT2D eigenvalue weighted by molar-refractivity contribution is 7.89. The molecule has 0 aromatic heterocycles. The molecule has 0 atom stereocenters. The first-order chi connectivity index (χ1) is 18.0. The molecule has 2 aromatic rings. The summed E-state index contributed by atoms with van der Waals surface area (Å²) in [5, 5.41) is -0.512. The zero-order valence-corrected chi connectivity index (χ0v) is 24.2. The van der Waals surface area contributed by atoms with Gasteiger partial charge in [0.05, 0.1) is 23.3 Å². The number of sulfonamides is 2. The molecule has 1 aliphatic heterocycles. The third-order valence-corrected chi connectivity index (χ3v) is 11.0. The van der Waals surface area contributed by atoms with E-state index < -0.39 is 25.3 Å². The molecule has 38 heavy (non-hydrogen) atoms. The zero-order valence-electron chi connectivity index (χ0n) is 22.6. The highest BCUT2D eigenvalue weighted by Crippen LogP contribution is 2.24. The van der Waals surface area contributed by atoms with Gasteiger partial charge >= 0.3 is 0 Å². The number of carbonyl (C=O) groups excluding carboxylic acids is 1. The maximum absolute atomic E-state index is 13.8. The summed E-state index contributed by atoms with van der Waals surface area (Å²) in [6.07, 6.45) is 0.958. The molecule has 0 radical (unpaired) electrons. The molecule has 0 saturated carbocycles. The van der Waals surface area contributed by atoms with Crippen molar-refractivity contribution in [1.29, 1.82) is 0 Å². The van der Waals surface area contributed by atoms with E-state index in [1.807, 2.05) is 31.2 Å². The summed E-state index contributed by atoms with van der Waals surface area (Å²) in [5.74, 6) is -0.327. The van der Waals surface area contributed by atoms with Crippen LogP contribution in [0.1, 0.15) is 37.8 Å². The molecule has 11 heteroatoms. The van der Waals surface area contributed by atoms with Gasteiger partial charge in [0.1, 0.15) is 0 Å². The first-order valence-electron chi connectivity index (χ1n) is 12.8. The number of aryl methyl sites for hydroxylation is 1. The van der Waals surface area contributed by atoms with Crippen molar-refractivity contribution >= 4 is 26.0 Å². The summed E-state index contributed by atoms with van der Waals surface area (Å²) in [7, 11) is -5.83. The lowest BCUT2D eigenvalue weighted by Crippen LogP contribution is -2.52. The van der Waals surface area contributed by atoms with E-state index in [9.17, 15) is 21.6 Å². The standard InChI is InChI=1S/C27H39N3O6S2/c1-22(2)37(32,33)28-16-14-25(15-17-28)30(20-24-12-10-23(3)11-13-24)27(31)21-29(18-19-36-4)38(34,35)26-8-6-5-7-9-26/h5-13,22,25H,14-21H2,1-4H3. The Hall–Kier alpha value is -2.31. The van der Waals surface area contributed by atoms with E-state index in [1.54, 1.807) is 36.9 Å². The van der Waals surface area contributed by atoms with Crippen LogP contribution in [0.2, 0.25) is 0 Å². The van der Waals surface area contributed by atoms with E-state index in [4.69, 9.17) is 4.74 Å². The van der Waals surface area contributed by atoms with Gasteiger partial charge in [0, 0.05) is 39.3 Å². The Morgan fingerprint density at radius 2 is 1.61 bits per heavy atom. The van der Waals surface area contributed by atoms with Crippen LogP contribution in [-0.4, -0.2) is 87.4 Å². The first-order valence-corrected chi connectivity index (χ1v) is 15.8. The van der Waals surface area contributed by atoms with Crippen molar-refractivity contribution in [3.63, 3.8) is 0 Å². The second-order valence-electron chi connectivity index (χ2n) is 9.88. The van der Waals surface area contributed by atoms with Crippen molar-refractivity contribution in [3.8, 4) is 0 Å². The molecule has 1 amide bonds. The molecule has 1 fully saturated rings. The van der Waals surface area contributed by atoms with Gasteiger partial charge in [0.2, 0.25) is 26.0 Å². The first kappa shape index (κ1) is 30.2. The summed E-state index contributed by atoms with van der Waals surface area (Å²) in [4.78, 5) is 15.6. The van der Waals surface area contributed by atoms with Gasteiger partial charge in [-0.05, 0) is 51.3 Å². The predicted octanol–water partition coefficient (Wildman–Crippen LogP) is 2.86. The molecule has 1 aliphatic rings. The third kappa shape index (κ3) is 7.41. The van der Waals surface area contributed by atoms with E-state index in [-0.39, 0.29) is 36.5 Å². The van der Waals surface area contributed by atoms with Crippen molar-refractivity contribution in [2.75, 3.05) is 39.9 Å². The van der Waals surface area contributed by atoms with Crippen molar-refractivity contribution in [2.45, 2.75) is 56.3 Å². The van der Waals surface area contributed by atoms with Gasteiger partial charge in [-0.15, -0.1) is 0 Å². The van der Waals surface area contributed by atoms with Crippen LogP contribution in [0.15, 0.2) is 59.5 Å². The lowest BCUT2D eigenvalue weighted by molar-refractivity contribution is -0.135. The molecule has 0 unspecified atom stereocenters. The van der Waals surface area contributed by atoms with Crippen LogP contribution < -0.4 is 0 Å². The third-order valence-electron chi connectivity index (χ3n) is 6.85. The molecule has 2 aromatic carbocycles. The predicted molar refractivity (Wildman–Crippen MR) is 147 cm³/mol. The van der Waals surface area contributed by atoms with Crippen LogP contribution in [0.4, 0.5) is 0 Å². The van der Waals surface area contributed by atoms with Crippen LogP contribution in [-0.2, 0) is 36.1 Å². The Kier molecular flexibility index (Phi) is 10.5. The average molecular weight is 566 g/mol. The summed E-state index contributed by atoms with van der Waals surface area (Å²) < 4.78 is 60.0. The summed E-state index contributed by atoms with van der Waals surface area (Å²) in [5.41, 5.74) is 2.02. The minimum atomic E-state index is -3.93. The number of hydrogen-bond acceptors (Lipinski definition) is 6. The number of rotatable bonds is 12. The second kappa shape index (κ2) is 13.2. The summed E-state index contributed by atoms with van der Waals surface area (Å²) in [6, 6.07) is 15.7. The Bertz CT molecular complexity index is 1260. The van der Waals surface area contributed by atoms with Gasteiger partial charge in [-0.1, -0.05) is 48.0 Å². The highest BCUT2D eigenvalue weighted by atomic mass is 32.2. The highest BCUT2D eigenvalue weighted by Gasteiger charge is 2.35. The number of nitrogens with zero attached hydrogens (tertiary/aromatic N) is 3. The molecule has 3 rings (SSSR count). The van der Waals surface area contributed by atoms with Gasteiger partial charge in [-0.3, -0.25) is 4.79 Å². The minimum absolute atomic E-state index is 0.0307. The van der Waals surface area contributed by atoms with E-state index in [2.05, 4.69) is 0 Å². The molecule has 0 aliphatic carbocycles. The SMILES string of the molecule is COCCN(CC(=O)N(Cc1ccc(C)cc1)C1CCN(S(=O)(=O)C(C)C)CC1)S(=O)(=O)c1ccccc1. The quantitative estimate of drug-likeness (QED) is 0.392. The second-order valence-corrected chi connectivity index (χ2v) is 14.3. The molecule has 210 valence electrons. The summed E-state index contributed by atoms with van der Waals surface area (Å²) >= 11 is 0. The van der Waals surface area contributed by atoms with Crippen molar-refractivity contribution in [1.82, 2.24) is 13.5 Å². The Morgan fingerprint density at radius 1 is 1.00 bits per heavy atom. The van der Waals surface area contributed by atoms with Gasteiger partial charge in [-0.2, -0.15) is 4.31 Å². The van der Waals surface area contributed by atoms with E-state index in [0.717, 1.165) is 15.4 Å². The average Bonchev–Trinajstić information content (AvgIpc) is 2.91. The van der Waals surface area contributed by atoms with Gasteiger partial charge in [0.15, 0.2) is 0 Å². The van der Waals surface area contributed by atoms with Gasteiger partial charge in [0.25, 0.3) is 0 Å². The lowest BCUT2D eigenvalue weighted by Gasteiger charge is -2.39. The van der Waals surface area contributed by atoms with E-state index in [0.29, 0.717) is 32.5 Å². The molecule has 1 saturated heterocycles. The maximum atomic E-state index is 13.8. The van der Waals surface area contributed by atoms with Gasteiger partial charge in [-0.25, -0.2) is 21.1 Å². The molecular formula is C27H39N3O6S2. The van der Waals surface area contributed by atoms with E-state index in [1.165, 1.54) is 23.5 Å². The number of ether oxygens (including phenoxy) is 1. The van der Waals surface area contributed by atoms with Crippen LogP contribution in [0.5, 0.6) is 0 Å². The fourth-order valence-electron chi connectivity index (χ4n) is 4.48. The molecule has 0 N–H and O–H groups in total. The normalized spacial score (nSPS) is 15.7. The molecule has 9 nitrogen and oxygen atoms in total. The monoisotopic (exact) mass is 565 g/mol. The Labute approximate surface area is 227 Å². The van der Waals surface area contributed by atoms with Crippen molar-refractivity contribution in [2.24, 2.45) is 0 Å². The minimum Gasteiger partial charge on any atom is -0.383 e. The molecular weight excluding hydrogens is 526 g/mol. The van der Waals surface area contributed by atoms with Crippen molar-refractivity contribution < 1.29 is 26.4 Å². The number of benzene rings is 2. The van der Waals surface area contributed by atoms with Crippen LogP contribution in [0.3, 0.4) is 0 Å². The Morgan fingerprint density at radius 3 is 2.16 bits per heavy atom. The largest absolute Gasteiger partial charge is 0.383 e. The zero-order chi connectivity index (χ0) is 27.9. The fraction of sp³-hybridized carbons (Fsp3) is 0.519. The van der Waals surface area contributed by atoms with Crippen LogP contribution >= 0.6 is 0 Å². The number of methoxy groups -OCH3 is 1. The van der Waals surface area contributed by atoms with Crippen LogP contribution in [0, 0.1) is 6.92 Å². The topological polar surface area (TPSA) is 104 Å². The van der Waals surface area contributed by atoms with Gasteiger partial charge < -0.3 is 9.64 Å². The van der Waals surface area contributed by atoms with Crippen molar-refractivity contribution in [3.05, 3.63) is 65.7 Å². The lowest BCUT2D eigenvalue weighted by atomic mass is 10.0. The summed E-state index contributed by atoms with van der Waals surface area (Å²) in [6.45, 7) is 6.09. The van der Waals surface area contributed by atoms with E-state index >= 15 is 0 Å². The number of hydrogen-bond donors (Lipinski definition) is 0. The Balaban J connectivity index is 1.86. The number of carbonyl (C=O) groups is 1. The maximum Gasteiger partial charge on any atom is 0.243 e. The fourth-order valence-corrected chi connectivity index (χ4v) is 7.19. The molecule has 0 spiro atoms. The number of piperidine rings is 1. The molecule has 0 bridgehead atoms. The van der Waals surface area contributed by atoms with Crippen LogP contribution in [0.25, 0.3) is 0 Å².